The monoisotopic (exact) mass is 217 g/mol. The second-order valence-corrected chi connectivity index (χ2v) is 4.35. The van der Waals surface area contributed by atoms with E-state index in [4.69, 9.17) is 4.74 Å². The smallest absolute Gasteiger partial charge is 0.0897 e. The maximum absolute atomic E-state index is 9.49. The van der Waals surface area contributed by atoms with Crippen molar-refractivity contribution in [1.82, 2.24) is 5.32 Å². The first-order valence-electron chi connectivity index (χ1n) is 5.79. The Morgan fingerprint density at radius 2 is 2.13 bits per heavy atom. The molecule has 3 atom stereocenters. The number of nitrogens with one attached hydrogen (secondary N) is 1. The molecule has 0 aromatic heterocycles. The summed E-state index contributed by atoms with van der Waals surface area (Å²) < 4.78 is 4.86. The molecule has 1 rings (SSSR count). The second-order valence-electron chi connectivity index (χ2n) is 4.35. The molecule has 3 unspecified atom stereocenters. The molecular formula is C11H23NO3. The van der Waals surface area contributed by atoms with E-state index >= 15 is 0 Å². The van der Waals surface area contributed by atoms with Crippen LogP contribution in [-0.4, -0.2) is 49.2 Å². The van der Waals surface area contributed by atoms with Gasteiger partial charge in [0, 0.05) is 26.3 Å². The van der Waals surface area contributed by atoms with Crippen molar-refractivity contribution in [2.24, 2.45) is 5.92 Å². The van der Waals surface area contributed by atoms with Gasteiger partial charge in [-0.1, -0.05) is 12.8 Å². The third-order valence-corrected chi connectivity index (χ3v) is 3.12. The number of rotatable bonds is 6. The third-order valence-electron chi connectivity index (χ3n) is 3.12. The summed E-state index contributed by atoms with van der Waals surface area (Å²) in [7, 11) is 1.58. The maximum Gasteiger partial charge on any atom is 0.0897 e. The molecule has 3 N–H and O–H groups in total. The van der Waals surface area contributed by atoms with Crippen LogP contribution in [-0.2, 0) is 4.74 Å². The Kier molecular flexibility index (Phi) is 6.17. The minimum absolute atomic E-state index is 0.248. The second kappa shape index (κ2) is 7.17. The normalized spacial score (nSPS) is 29.0. The van der Waals surface area contributed by atoms with Gasteiger partial charge in [-0.25, -0.2) is 0 Å². The molecule has 4 heteroatoms. The van der Waals surface area contributed by atoms with Gasteiger partial charge in [0.2, 0.25) is 0 Å². The van der Waals surface area contributed by atoms with Crippen LogP contribution in [0.2, 0.25) is 0 Å². The van der Waals surface area contributed by atoms with Gasteiger partial charge in [0.05, 0.1) is 12.7 Å². The van der Waals surface area contributed by atoms with Crippen LogP contribution in [0.3, 0.4) is 0 Å². The highest BCUT2D eigenvalue weighted by Gasteiger charge is 2.24. The highest BCUT2D eigenvalue weighted by molar-refractivity contribution is 4.81. The van der Waals surface area contributed by atoms with E-state index in [2.05, 4.69) is 5.32 Å². The molecule has 0 radical (unpaired) electrons. The van der Waals surface area contributed by atoms with E-state index in [1.807, 2.05) is 0 Å². The molecule has 1 fully saturated rings. The first-order chi connectivity index (χ1) is 7.27. The third kappa shape index (κ3) is 4.47. The molecule has 1 saturated carbocycles. The molecule has 15 heavy (non-hydrogen) atoms. The lowest BCUT2D eigenvalue weighted by molar-refractivity contribution is 0.0568. The molecule has 0 aliphatic heterocycles. The zero-order chi connectivity index (χ0) is 11.1. The van der Waals surface area contributed by atoms with Crippen LogP contribution in [0.25, 0.3) is 0 Å². The molecule has 0 saturated heterocycles. The topological polar surface area (TPSA) is 61.7 Å². The Morgan fingerprint density at radius 1 is 1.40 bits per heavy atom. The van der Waals surface area contributed by atoms with Gasteiger partial charge < -0.3 is 20.3 Å². The summed E-state index contributed by atoms with van der Waals surface area (Å²) >= 11 is 0. The number of aliphatic hydroxyl groups is 2. The van der Waals surface area contributed by atoms with E-state index < -0.39 is 6.10 Å². The molecule has 0 spiro atoms. The molecule has 0 heterocycles. The summed E-state index contributed by atoms with van der Waals surface area (Å²) in [5.74, 6) is 0.355. The SMILES string of the molecule is COCC(O)CNC1CCCCC1CO. The van der Waals surface area contributed by atoms with Crippen molar-refractivity contribution in [1.29, 1.82) is 0 Å². The van der Waals surface area contributed by atoms with Gasteiger partial charge in [0.15, 0.2) is 0 Å². The van der Waals surface area contributed by atoms with E-state index in [1.54, 1.807) is 7.11 Å². The van der Waals surface area contributed by atoms with E-state index in [1.165, 1.54) is 12.8 Å². The van der Waals surface area contributed by atoms with Gasteiger partial charge >= 0.3 is 0 Å². The van der Waals surface area contributed by atoms with Crippen molar-refractivity contribution in [2.45, 2.75) is 37.8 Å². The predicted octanol–water partition coefficient (Wildman–Crippen LogP) is 0.134. The van der Waals surface area contributed by atoms with Crippen molar-refractivity contribution in [3.63, 3.8) is 0 Å². The fourth-order valence-electron chi connectivity index (χ4n) is 2.23. The first kappa shape index (κ1) is 12.9. The largest absolute Gasteiger partial charge is 0.396 e. The molecule has 0 aromatic rings. The van der Waals surface area contributed by atoms with E-state index in [9.17, 15) is 10.2 Å². The van der Waals surface area contributed by atoms with E-state index in [-0.39, 0.29) is 6.61 Å². The van der Waals surface area contributed by atoms with Crippen molar-refractivity contribution in [3.8, 4) is 0 Å². The van der Waals surface area contributed by atoms with Crippen LogP contribution < -0.4 is 5.32 Å². The predicted molar refractivity (Wildman–Crippen MR) is 58.7 cm³/mol. The summed E-state index contributed by atoms with van der Waals surface area (Å²) in [5, 5.41) is 22.0. The molecule has 1 aliphatic rings. The van der Waals surface area contributed by atoms with Gasteiger partial charge in [-0.15, -0.1) is 0 Å². The first-order valence-corrected chi connectivity index (χ1v) is 5.79. The Morgan fingerprint density at radius 3 is 2.80 bits per heavy atom. The standard InChI is InChI=1S/C11H23NO3/c1-15-8-10(14)6-12-11-5-3-2-4-9(11)7-13/h9-14H,2-8H2,1H3. The molecule has 0 aromatic carbocycles. The number of methoxy groups -OCH3 is 1. The van der Waals surface area contributed by atoms with E-state index in [0.29, 0.717) is 25.1 Å². The Balaban J connectivity index is 2.22. The lowest BCUT2D eigenvalue weighted by Crippen LogP contribution is -2.44. The molecule has 90 valence electrons. The quantitative estimate of drug-likeness (QED) is 0.592. The number of aliphatic hydroxyl groups excluding tert-OH is 2. The fraction of sp³-hybridized carbons (Fsp3) is 1.00. The average molecular weight is 217 g/mol. The van der Waals surface area contributed by atoms with Gasteiger partial charge in [-0.05, 0) is 18.8 Å². The van der Waals surface area contributed by atoms with Crippen LogP contribution in [0.1, 0.15) is 25.7 Å². The Hall–Kier alpha value is -0.160. The molecule has 4 nitrogen and oxygen atoms in total. The van der Waals surface area contributed by atoms with Gasteiger partial charge in [-0.2, -0.15) is 0 Å². The lowest BCUT2D eigenvalue weighted by atomic mass is 9.85. The molecular weight excluding hydrogens is 194 g/mol. The number of ether oxygens (including phenoxy) is 1. The van der Waals surface area contributed by atoms with Crippen LogP contribution in [0.15, 0.2) is 0 Å². The van der Waals surface area contributed by atoms with Crippen molar-refractivity contribution in [3.05, 3.63) is 0 Å². The summed E-state index contributed by atoms with van der Waals surface area (Å²) in [6.45, 7) is 1.16. The zero-order valence-corrected chi connectivity index (χ0v) is 9.48. The van der Waals surface area contributed by atoms with Crippen LogP contribution >= 0.6 is 0 Å². The minimum Gasteiger partial charge on any atom is -0.396 e. The number of hydrogen-bond acceptors (Lipinski definition) is 4. The van der Waals surface area contributed by atoms with Gasteiger partial charge in [0.25, 0.3) is 0 Å². The molecule has 1 aliphatic carbocycles. The van der Waals surface area contributed by atoms with E-state index in [0.717, 1.165) is 12.8 Å². The Labute approximate surface area is 91.6 Å². The average Bonchev–Trinajstić information content (AvgIpc) is 2.27. The Bertz CT molecular complexity index is 166. The summed E-state index contributed by atoms with van der Waals surface area (Å²) in [6, 6.07) is 0.357. The van der Waals surface area contributed by atoms with Gasteiger partial charge in [-0.3, -0.25) is 0 Å². The zero-order valence-electron chi connectivity index (χ0n) is 9.48. The number of hydrogen-bond donors (Lipinski definition) is 3. The van der Waals surface area contributed by atoms with Crippen LogP contribution in [0.4, 0.5) is 0 Å². The summed E-state index contributed by atoms with van der Waals surface area (Å²) in [4.78, 5) is 0. The fourth-order valence-corrected chi connectivity index (χ4v) is 2.23. The summed E-state index contributed by atoms with van der Waals surface area (Å²) in [6.07, 6.45) is 4.18. The van der Waals surface area contributed by atoms with Crippen molar-refractivity contribution in [2.75, 3.05) is 26.9 Å². The van der Waals surface area contributed by atoms with Crippen LogP contribution in [0.5, 0.6) is 0 Å². The highest BCUT2D eigenvalue weighted by atomic mass is 16.5. The molecule has 0 bridgehead atoms. The van der Waals surface area contributed by atoms with Gasteiger partial charge in [0.1, 0.15) is 0 Å². The minimum atomic E-state index is -0.448. The highest BCUT2D eigenvalue weighted by Crippen LogP contribution is 2.23. The lowest BCUT2D eigenvalue weighted by Gasteiger charge is -2.31. The van der Waals surface area contributed by atoms with Crippen molar-refractivity contribution >= 4 is 0 Å². The summed E-state index contributed by atoms with van der Waals surface area (Å²) in [5.41, 5.74) is 0. The maximum atomic E-state index is 9.49. The van der Waals surface area contributed by atoms with Crippen molar-refractivity contribution < 1.29 is 14.9 Å². The molecule has 0 amide bonds. The van der Waals surface area contributed by atoms with Crippen LogP contribution in [0, 0.1) is 5.92 Å².